The first kappa shape index (κ1) is 13.9. The smallest absolute Gasteiger partial charge is 0.0558 e. The number of nitrogens with zero attached hydrogens (tertiary/aromatic N) is 2. The van der Waals surface area contributed by atoms with Gasteiger partial charge in [-0.05, 0) is 39.1 Å². The molecule has 0 unspecified atom stereocenters. The third-order valence-electron chi connectivity index (χ3n) is 2.71. The minimum absolute atomic E-state index is 0.319. The van der Waals surface area contributed by atoms with Crippen LogP contribution in [0.5, 0.6) is 0 Å². The van der Waals surface area contributed by atoms with Crippen LogP contribution in [-0.2, 0) is 0 Å². The van der Waals surface area contributed by atoms with E-state index in [1.165, 1.54) is 39.1 Å². The van der Waals surface area contributed by atoms with Crippen molar-refractivity contribution in [1.29, 1.82) is 0 Å². The summed E-state index contributed by atoms with van der Waals surface area (Å²) in [6, 6.07) is 0. The third-order valence-corrected chi connectivity index (χ3v) is 2.71. The Morgan fingerprint density at radius 2 is 1.57 bits per heavy atom. The fraction of sp³-hybridized carbons (Fsp3) is 1.00. The van der Waals surface area contributed by atoms with Crippen molar-refractivity contribution in [3.05, 3.63) is 0 Å². The summed E-state index contributed by atoms with van der Waals surface area (Å²) >= 11 is 0. The molecule has 0 saturated carbocycles. The van der Waals surface area contributed by atoms with Crippen molar-refractivity contribution in [3.63, 3.8) is 0 Å². The van der Waals surface area contributed by atoms with Gasteiger partial charge in [0.25, 0.3) is 0 Å². The highest BCUT2D eigenvalue weighted by molar-refractivity contribution is 4.66. The molecule has 0 spiro atoms. The van der Waals surface area contributed by atoms with Gasteiger partial charge in [-0.3, -0.25) is 0 Å². The summed E-state index contributed by atoms with van der Waals surface area (Å²) in [7, 11) is 0. The van der Waals surface area contributed by atoms with Gasteiger partial charge in [-0.1, -0.05) is 20.8 Å². The molecule has 1 heterocycles. The third kappa shape index (κ3) is 6.35. The Morgan fingerprint density at radius 1 is 1.07 bits per heavy atom. The van der Waals surface area contributed by atoms with E-state index in [9.17, 15) is 0 Å². The molecule has 14 heavy (non-hydrogen) atoms. The Hall–Kier alpha value is -0.120. The van der Waals surface area contributed by atoms with E-state index in [0.29, 0.717) is 6.61 Å². The van der Waals surface area contributed by atoms with Crippen LogP contribution in [0.3, 0.4) is 0 Å². The summed E-state index contributed by atoms with van der Waals surface area (Å²) in [5.41, 5.74) is 0. The van der Waals surface area contributed by atoms with Crippen molar-refractivity contribution >= 4 is 0 Å². The fourth-order valence-corrected chi connectivity index (χ4v) is 1.42. The molecule has 1 aliphatic rings. The molecular formula is C11H26N2O. The van der Waals surface area contributed by atoms with E-state index in [-0.39, 0.29) is 0 Å². The molecule has 0 aliphatic carbocycles. The van der Waals surface area contributed by atoms with E-state index in [1.54, 1.807) is 0 Å². The highest BCUT2D eigenvalue weighted by Crippen LogP contribution is 2.02. The molecule has 0 aromatic rings. The van der Waals surface area contributed by atoms with E-state index >= 15 is 0 Å². The van der Waals surface area contributed by atoms with Crippen LogP contribution in [-0.4, -0.2) is 60.8 Å². The zero-order valence-electron chi connectivity index (χ0n) is 10.00. The molecule has 0 aromatic heterocycles. The average molecular weight is 202 g/mol. The second-order valence-corrected chi connectivity index (χ2v) is 3.54. The molecule has 0 aromatic carbocycles. The minimum Gasteiger partial charge on any atom is -0.395 e. The Labute approximate surface area is 88.7 Å². The maximum absolute atomic E-state index is 8.36. The number of aliphatic hydroxyl groups excluding tert-OH is 1. The van der Waals surface area contributed by atoms with E-state index < -0.39 is 0 Å². The summed E-state index contributed by atoms with van der Waals surface area (Å²) in [6.07, 6.45) is 1.32. The van der Waals surface area contributed by atoms with E-state index in [2.05, 4.69) is 30.6 Å². The SMILES string of the molecule is CCN(CC)CC.OCCN1CCC1. The lowest BCUT2D eigenvalue weighted by Crippen LogP contribution is -2.38. The monoisotopic (exact) mass is 202 g/mol. The van der Waals surface area contributed by atoms with Gasteiger partial charge in [0, 0.05) is 6.54 Å². The Kier molecular flexibility index (Phi) is 9.35. The van der Waals surface area contributed by atoms with Gasteiger partial charge in [-0.25, -0.2) is 0 Å². The molecule has 0 bridgehead atoms. The number of hydrogen-bond donors (Lipinski definition) is 1. The zero-order chi connectivity index (χ0) is 10.8. The summed E-state index contributed by atoms with van der Waals surface area (Å²) in [6.45, 7) is 13.7. The van der Waals surface area contributed by atoms with E-state index in [1.807, 2.05) is 0 Å². The van der Waals surface area contributed by atoms with Crippen LogP contribution in [0.25, 0.3) is 0 Å². The van der Waals surface area contributed by atoms with Crippen LogP contribution >= 0.6 is 0 Å². The van der Waals surface area contributed by atoms with E-state index in [4.69, 9.17) is 5.11 Å². The van der Waals surface area contributed by atoms with Crippen molar-refractivity contribution in [2.75, 3.05) is 45.9 Å². The molecule has 0 amide bonds. The van der Waals surface area contributed by atoms with Gasteiger partial charge in [0.2, 0.25) is 0 Å². The molecule has 0 radical (unpaired) electrons. The van der Waals surface area contributed by atoms with Crippen molar-refractivity contribution in [2.45, 2.75) is 27.2 Å². The maximum atomic E-state index is 8.36. The molecule has 1 aliphatic heterocycles. The standard InChI is InChI=1S/C6H15N.C5H11NO/c1-4-7(5-2)6-3;7-5-4-6-2-1-3-6/h4-6H2,1-3H3;7H,1-5H2. The first-order valence-electron chi connectivity index (χ1n) is 5.83. The summed E-state index contributed by atoms with van der Waals surface area (Å²) in [5.74, 6) is 0. The zero-order valence-corrected chi connectivity index (χ0v) is 10.00. The lowest BCUT2D eigenvalue weighted by Gasteiger charge is -2.29. The minimum atomic E-state index is 0.319. The molecule has 3 nitrogen and oxygen atoms in total. The van der Waals surface area contributed by atoms with Crippen LogP contribution in [0, 0.1) is 0 Å². The summed E-state index contributed by atoms with van der Waals surface area (Å²) < 4.78 is 0. The molecule has 86 valence electrons. The molecule has 1 rings (SSSR count). The van der Waals surface area contributed by atoms with Crippen LogP contribution in [0.1, 0.15) is 27.2 Å². The number of aliphatic hydroxyl groups is 1. The van der Waals surface area contributed by atoms with Crippen LogP contribution in [0.15, 0.2) is 0 Å². The molecule has 3 heteroatoms. The summed E-state index contributed by atoms with van der Waals surface area (Å²) in [5, 5.41) is 8.36. The van der Waals surface area contributed by atoms with Crippen molar-refractivity contribution in [2.24, 2.45) is 0 Å². The van der Waals surface area contributed by atoms with Crippen molar-refractivity contribution < 1.29 is 5.11 Å². The van der Waals surface area contributed by atoms with Gasteiger partial charge in [0.15, 0.2) is 0 Å². The van der Waals surface area contributed by atoms with Crippen LogP contribution in [0.2, 0.25) is 0 Å². The fourth-order valence-electron chi connectivity index (χ4n) is 1.42. The second-order valence-electron chi connectivity index (χ2n) is 3.54. The van der Waals surface area contributed by atoms with Crippen LogP contribution in [0.4, 0.5) is 0 Å². The molecular weight excluding hydrogens is 176 g/mol. The van der Waals surface area contributed by atoms with E-state index in [0.717, 1.165) is 6.54 Å². The quantitative estimate of drug-likeness (QED) is 0.721. The predicted molar refractivity (Wildman–Crippen MR) is 61.6 cm³/mol. The van der Waals surface area contributed by atoms with Gasteiger partial charge < -0.3 is 14.9 Å². The number of rotatable bonds is 5. The van der Waals surface area contributed by atoms with Gasteiger partial charge in [0.05, 0.1) is 6.61 Å². The highest BCUT2D eigenvalue weighted by atomic mass is 16.3. The van der Waals surface area contributed by atoms with Gasteiger partial charge >= 0.3 is 0 Å². The molecule has 1 N–H and O–H groups in total. The van der Waals surface area contributed by atoms with Crippen LogP contribution < -0.4 is 0 Å². The Bertz CT molecular complexity index is 106. The van der Waals surface area contributed by atoms with Crippen molar-refractivity contribution in [3.8, 4) is 0 Å². The molecule has 1 fully saturated rings. The number of β-amino-alcohol motifs (C(OH)–C–C–N with tert-alkyl or cyclic N) is 1. The molecule has 0 atom stereocenters. The second kappa shape index (κ2) is 9.44. The largest absolute Gasteiger partial charge is 0.395 e. The normalized spacial score (nSPS) is 16.1. The topological polar surface area (TPSA) is 26.7 Å². The van der Waals surface area contributed by atoms with Gasteiger partial charge in [-0.15, -0.1) is 0 Å². The Morgan fingerprint density at radius 3 is 1.64 bits per heavy atom. The molecule has 1 saturated heterocycles. The number of likely N-dealkylation sites (tertiary alicyclic amines) is 1. The average Bonchev–Trinajstić information content (AvgIpc) is 2.15. The van der Waals surface area contributed by atoms with Gasteiger partial charge in [-0.2, -0.15) is 0 Å². The predicted octanol–water partition coefficient (Wildman–Crippen LogP) is 1.03. The first-order chi connectivity index (χ1) is 6.78. The maximum Gasteiger partial charge on any atom is 0.0558 e. The highest BCUT2D eigenvalue weighted by Gasteiger charge is 2.10. The number of hydrogen-bond acceptors (Lipinski definition) is 3. The lowest BCUT2D eigenvalue weighted by molar-refractivity contribution is 0.139. The summed E-state index contributed by atoms with van der Waals surface area (Å²) in [4.78, 5) is 4.61. The van der Waals surface area contributed by atoms with Crippen molar-refractivity contribution in [1.82, 2.24) is 9.80 Å². The first-order valence-corrected chi connectivity index (χ1v) is 5.83. The lowest BCUT2D eigenvalue weighted by atomic mass is 10.2. The Balaban J connectivity index is 0.000000241. The van der Waals surface area contributed by atoms with Gasteiger partial charge in [0.1, 0.15) is 0 Å².